The molecule has 70 valence electrons. The van der Waals surface area contributed by atoms with Crippen LogP contribution in [0.25, 0.3) is 0 Å². The summed E-state index contributed by atoms with van der Waals surface area (Å²) in [6.07, 6.45) is 0.214. The van der Waals surface area contributed by atoms with Crippen molar-refractivity contribution < 1.29 is 4.74 Å². The largest absolute Gasteiger partial charge is 0.399 e. The maximum atomic E-state index is 5.60. The van der Waals surface area contributed by atoms with Gasteiger partial charge < -0.3 is 10.5 Å². The third-order valence-electron chi connectivity index (χ3n) is 2.28. The number of nitrogen functional groups attached to an aromatic ring is 1. The fraction of sp³-hybridized carbons (Fsp3) is 0.400. The number of ether oxygens (including phenoxy) is 1. The summed E-state index contributed by atoms with van der Waals surface area (Å²) in [5, 5.41) is 0. The first kappa shape index (κ1) is 8.53. The van der Waals surface area contributed by atoms with Gasteiger partial charge in [-0.2, -0.15) is 0 Å². The van der Waals surface area contributed by atoms with E-state index in [1.54, 1.807) is 0 Å². The fourth-order valence-electron chi connectivity index (χ4n) is 1.52. The van der Waals surface area contributed by atoms with Crippen LogP contribution < -0.4 is 5.73 Å². The molecule has 1 atom stereocenters. The fourth-order valence-corrected chi connectivity index (χ4v) is 1.52. The van der Waals surface area contributed by atoms with Crippen LogP contribution in [-0.4, -0.2) is 25.2 Å². The van der Waals surface area contributed by atoms with Crippen LogP contribution in [0.15, 0.2) is 24.3 Å². The molecule has 0 bridgehead atoms. The van der Waals surface area contributed by atoms with E-state index in [0.29, 0.717) is 0 Å². The van der Waals surface area contributed by atoms with E-state index in [2.05, 4.69) is 11.9 Å². The van der Waals surface area contributed by atoms with E-state index >= 15 is 0 Å². The van der Waals surface area contributed by atoms with E-state index in [-0.39, 0.29) is 6.10 Å². The number of rotatable bonds is 1. The highest BCUT2D eigenvalue weighted by Gasteiger charge is 2.21. The number of benzene rings is 1. The molecular formula is C10H14N2O. The number of nitrogens with two attached hydrogens (primary N) is 1. The Kier molecular flexibility index (Phi) is 2.20. The molecule has 3 heteroatoms. The Morgan fingerprint density at radius 2 is 2.08 bits per heavy atom. The predicted molar refractivity (Wildman–Crippen MR) is 52.2 cm³/mol. The predicted octanol–water partition coefficient (Wildman–Crippen LogP) is 1.23. The molecule has 1 aromatic carbocycles. The molecule has 2 rings (SSSR count). The van der Waals surface area contributed by atoms with Crippen LogP contribution >= 0.6 is 0 Å². The van der Waals surface area contributed by atoms with E-state index < -0.39 is 0 Å². The smallest absolute Gasteiger partial charge is 0.0997 e. The molecule has 13 heavy (non-hydrogen) atoms. The number of anilines is 1. The summed E-state index contributed by atoms with van der Waals surface area (Å²) in [5.41, 5.74) is 7.61. The molecule has 0 amide bonds. The highest BCUT2D eigenvalue weighted by atomic mass is 16.5. The van der Waals surface area contributed by atoms with Crippen molar-refractivity contribution >= 4 is 5.69 Å². The topological polar surface area (TPSA) is 38.5 Å². The molecule has 0 saturated carbocycles. The lowest BCUT2D eigenvalue weighted by Gasteiger charge is -2.08. The monoisotopic (exact) mass is 178 g/mol. The summed E-state index contributed by atoms with van der Waals surface area (Å²) in [6.45, 7) is 1.68. The summed E-state index contributed by atoms with van der Waals surface area (Å²) in [5.74, 6) is 0. The van der Waals surface area contributed by atoms with Crippen molar-refractivity contribution in [2.45, 2.75) is 6.10 Å². The molecule has 3 nitrogen and oxygen atoms in total. The molecular weight excluding hydrogens is 164 g/mol. The van der Waals surface area contributed by atoms with E-state index in [0.717, 1.165) is 19.0 Å². The highest BCUT2D eigenvalue weighted by Crippen LogP contribution is 2.23. The Morgan fingerprint density at radius 1 is 1.38 bits per heavy atom. The van der Waals surface area contributed by atoms with E-state index in [9.17, 15) is 0 Å². The van der Waals surface area contributed by atoms with Gasteiger partial charge in [0.2, 0.25) is 0 Å². The van der Waals surface area contributed by atoms with Gasteiger partial charge in [-0.15, -0.1) is 0 Å². The van der Waals surface area contributed by atoms with Gasteiger partial charge in [0.05, 0.1) is 12.8 Å². The maximum Gasteiger partial charge on any atom is 0.0997 e. The normalized spacial score (nSPS) is 23.6. The van der Waals surface area contributed by atoms with Gasteiger partial charge in [-0.3, -0.25) is 4.90 Å². The minimum Gasteiger partial charge on any atom is -0.399 e. The van der Waals surface area contributed by atoms with Crippen LogP contribution in [-0.2, 0) is 4.74 Å². The summed E-state index contributed by atoms with van der Waals surface area (Å²) >= 11 is 0. The number of likely N-dealkylation sites (N-methyl/N-ethyl adjacent to an activating group) is 1. The van der Waals surface area contributed by atoms with Gasteiger partial charge in [0, 0.05) is 12.2 Å². The van der Waals surface area contributed by atoms with Gasteiger partial charge in [-0.1, -0.05) is 12.1 Å². The zero-order chi connectivity index (χ0) is 9.26. The van der Waals surface area contributed by atoms with Crippen molar-refractivity contribution in [3.8, 4) is 0 Å². The Hall–Kier alpha value is -1.06. The third-order valence-corrected chi connectivity index (χ3v) is 2.28. The molecule has 1 aromatic rings. The van der Waals surface area contributed by atoms with E-state index in [4.69, 9.17) is 10.5 Å². The Balaban J connectivity index is 2.13. The molecule has 1 saturated heterocycles. The standard InChI is InChI=1S/C10H14N2O/c1-12-6-10(13-7-12)8-2-4-9(11)5-3-8/h2-5,10H,6-7,11H2,1H3. The molecule has 1 fully saturated rings. The second-order valence-corrected chi connectivity index (χ2v) is 3.49. The van der Waals surface area contributed by atoms with Crippen LogP contribution in [0, 0.1) is 0 Å². The summed E-state index contributed by atoms with van der Waals surface area (Å²) < 4.78 is 5.58. The van der Waals surface area contributed by atoms with Gasteiger partial charge in [-0.05, 0) is 24.7 Å². The van der Waals surface area contributed by atoms with Crippen molar-refractivity contribution in [3.05, 3.63) is 29.8 Å². The van der Waals surface area contributed by atoms with Crippen molar-refractivity contribution in [3.63, 3.8) is 0 Å². The molecule has 0 radical (unpaired) electrons. The number of hydrogen-bond donors (Lipinski definition) is 1. The van der Waals surface area contributed by atoms with Gasteiger partial charge in [0.15, 0.2) is 0 Å². The molecule has 0 aliphatic carbocycles. The number of hydrogen-bond acceptors (Lipinski definition) is 3. The molecule has 2 N–H and O–H groups in total. The summed E-state index contributed by atoms with van der Waals surface area (Å²) in [7, 11) is 2.05. The average molecular weight is 178 g/mol. The van der Waals surface area contributed by atoms with E-state index in [1.165, 1.54) is 5.56 Å². The first-order valence-electron chi connectivity index (χ1n) is 4.41. The summed E-state index contributed by atoms with van der Waals surface area (Å²) in [4.78, 5) is 2.15. The first-order valence-corrected chi connectivity index (χ1v) is 4.41. The zero-order valence-corrected chi connectivity index (χ0v) is 7.73. The van der Waals surface area contributed by atoms with Gasteiger partial charge >= 0.3 is 0 Å². The second-order valence-electron chi connectivity index (χ2n) is 3.49. The van der Waals surface area contributed by atoms with Gasteiger partial charge in [0.25, 0.3) is 0 Å². The highest BCUT2D eigenvalue weighted by molar-refractivity contribution is 5.40. The SMILES string of the molecule is CN1COC(c2ccc(N)cc2)C1. The molecule has 1 heterocycles. The van der Waals surface area contributed by atoms with Crippen LogP contribution in [0.5, 0.6) is 0 Å². The minimum atomic E-state index is 0.214. The molecule has 1 aliphatic heterocycles. The second kappa shape index (κ2) is 3.36. The van der Waals surface area contributed by atoms with Crippen molar-refractivity contribution in [1.29, 1.82) is 0 Å². The molecule has 0 aromatic heterocycles. The summed E-state index contributed by atoms with van der Waals surface area (Å²) in [6, 6.07) is 7.88. The molecule has 1 aliphatic rings. The lowest BCUT2D eigenvalue weighted by Crippen LogP contribution is -2.13. The quantitative estimate of drug-likeness (QED) is 0.657. The lowest BCUT2D eigenvalue weighted by atomic mass is 10.1. The van der Waals surface area contributed by atoms with Crippen LogP contribution in [0.3, 0.4) is 0 Å². The molecule has 0 spiro atoms. The van der Waals surface area contributed by atoms with Gasteiger partial charge in [0.1, 0.15) is 0 Å². The lowest BCUT2D eigenvalue weighted by molar-refractivity contribution is 0.0956. The first-order chi connectivity index (χ1) is 6.25. The third kappa shape index (κ3) is 1.82. The van der Waals surface area contributed by atoms with Crippen LogP contribution in [0.2, 0.25) is 0 Å². The maximum absolute atomic E-state index is 5.60. The van der Waals surface area contributed by atoms with Crippen molar-refractivity contribution in [2.75, 3.05) is 26.1 Å². The van der Waals surface area contributed by atoms with Crippen LogP contribution in [0.4, 0.5) is 5.69 Å². The van der Waals surface area contributed by atoms with Crippen molar-refractivity contribution in [1.82, 2.24) is 4.90 Å². The van der Waals surface area contributed by atoms with Crippen LogP contribution in [0.1, 0.15) is 11.7 Å². The average Bonchev–Trinajstić information content (AvgIpc) is 2.53. The van der Waals surface area contributed by atoms with E-state index in [1.807, 2.05) is 24.3 Å². The van der Waals surface area contributed by atoms with Gasteiger partial charge in [-0.25, -0.2) is 0 Å². The molecule has 1 unspecified atom stereocenters. The Bertz CT molecular complexity index is 283. The number of nitrogens with zero attached hydrogens (tertiary/aromatic N) is 1. The Labute approximate surface area is 78.1 Å². The van der Waals surface area contributed by atoms with Crippen molar-refractivity contribution in [2.24, 2.45) is 0 Å². The Morgan fingerprint density at radius 3 is 2.62 bits per heavy atom. The zero-order valence-electron chi connectivity index (χ0n) is 7.73. The minimum absolute atomic E-state index is 0.214.